The number of hydrogen-bond donors (Lipinski definition) is 2. The van der Waals surface area contributed by atoms with Crippen LogP contribution in [-0.4, -0.2) is 53.5 Å². The van der Waals surface area contributed by atoms with Crippen LogP contribution >= 0.6 is 0 Å². The van der Waals surface area contributed by atoms with Gasteiger partial charge in [0.05, 0.1) is 34.9 Å². The first-order chi connectivity index (χ1) is 10.5. The molecule has 0 aliphatic carbocycles. The van der Waals surface area contributed by atoms with Gasteiger partial charge in [0.2, 0.25) is 0 Å². The van der Waals surface area contributed by atoms with E-state index in [0.717, 1.165) is 23.4 Å². The number of nitrogens with one attached hydrogen (secondary N) is 2. The van der Waals surface area contributed by atoms with Crippen LogP contribution < -0.4 is 19.7 Å². The molecule has 7 heteroatoms. The summed E-state index contributed by atoms with van der Waals surface area (Å²) in [5.41, 5.74) is 1.09. The number of amides is 2. The molecule has 0 bridgehead atoms. The number of carbonyl (C=O) groups is 2. The van der Waals surface area contributed by atoms with Gasteiger partial charge in [-0.15, -0.1) is 0 Å². The van der Waals surface area contributed by atoms with Gasteiger partial charge in [-0.2, -0.15) is 0 Å². The SMILES string of the molecule is COC(=O)NC(=O)C[NH+](C)CCc1ccc(OC)c(OC)c1. The van der Waals surface area contributed by atoms with Gasteiger partial charge in [-0.3, -0.25) is 10.1 Å². The number of likely N-dealkylation sites (N-methyl/N-ethyl adjacent to an activating group) is 1. The number of methoxy groups -OCH3 is 3. The average molecular weight is 311 g/mol. The molecule has 0 saturated heterocycles. The molecule has 0 heterocycles. The third-order valence-electron chi connectivity index (χ3n) is 3.18. The number of quaternary nitrogens is 1. The van der Waals surface area contributed by atoms with Gasteiger partial charge in [0.25, 0.3) is 5.91 Å². The number of carbonyl (C=O) groups excluding carboxylic acids is 2. The van der Waals surface area contributed by atoms with E-state index >= 15 is 0 Å². The highest BCUT2D eigenvalue weighted by molar-refractivity contribution is 5.92. The zero-order chi connectivity index (χ0) is 16.5. The van der Waals surface area contributed by atoms with Gasteiger partial charge in [-0.1, -0.05) is 6.07 Å². The summed E-state index contributed by atoms with van der Waals surface area (Å²) in [6.07, 6.45) is 0.0372. The summed E-state index contributed by atoms with van der Waals surface area (Å²) in [5.74, 6) is 1.00. The molecular formula is C15H23N2O5+. The van der Waals surface area contributed by atoms with Crippen LogP contribution in [0.1, 0.15) is 5.56 Å². The second-order valence-electron chi connectivity index (χ2n) is 4.86. The van der Waals surface area contributed by atoms with Crippen molar-refractivity contribution in [2.45, 2.75) is 6.42 Å². The van der Waals surface area contributed by atoms with Gasteiger partial charge in [-0.05, 0) is 17.7 Å². The smallest absolute Gasteiger partial charge is 0.413 e. The normalized spacial score (nSPS) is 11.5. The van der Waals surface area contributed by atoms with Gasteiger partial charge in [-0.25, -0.2) is 4.79 Å². The maximum atomic E-state index is 11.5. The summed E-state index contributed by atoms with van der Waals surface area (Å²) < 4.78 is 14.8. The number of alkyl carbamates (subject to hydrolysis) is 1. The van der Waals surface area contributed by atoms with Crippen molar-refractivity contribution in [3.05, 3.63) is 23.8 Å². The van der Waals surface area contributed by atoms with Gasteiger partial charge >= 0.3 is 6.09 Å². The van der Waals surface area contributed by atoms with Crippen molar-refractivity contribution in [2.24, 2.45) is 0 Å². The van der Waals surface area contributed by atoms with Gasteiger partial charge in [0.1, 0.15) is 0 Å². The molecule has 0 radical (unpaired) electrons. The molecule has 1 aromatic carbocycles. The average Bonchev–Trinajstić information content (AvgIpc) is 2.52. The Morgan fingerprint density at radius 3 is 2.41 bits per heavy atom. The lowest BCUT2D eigenvalue weighted by molar-refractivity contribution is -0.870. The Bertz CT molecular complexity index is 519. The van der Waals surface area contributed by atoms with Gasteiger partial charge < -0.3 is 19.1 Å². The van der Waals surface area contributed by atoms with Crippen LogP contribution in [-0.2, 0) is 16.0 Å². The molecule has 22 heavy (non-hydrogen) atoms. The Kier molecular flexibility index (Phi) is 7.18. The molecule has 1 unspecified atom stereocenters. The molecule has 2 N–H and O–H groups in total. The van der Waals surface area contributed by atoms with Crippen LogP contribution in [0.3, 0.4) is 0 Å². The third-order valence-corrected chi connectivity index (χ3v) is 3.18. The van der Waals surface area contributed by atoms with Gasteiger partial charge in [0, 0.05) is 6.42 Å². The maximum Gasteiger partial charge on any atom is 0.413 e. The lowest BCUT2D eigenvalue weighted by atomic mass is 10.1. The van der Waals surface area contributed by atoms with E-state index in [2.05, 4.69) is 10.1 Å². The van der Waals surface area contributed by atoms with Crippen LogP contribution in [0.25, 0.3) is 0 Å². The van der Waals surface area contributed by atoms with Crippen molar-refractivity contribution in [1.29, 1.82) is 0 Å². The molecule has 0 fully saturated rings. The van der Waals surface area contributed by atoms with Crippen LogP contribution in [0.2, 0.25) is 0 Å². The number of rotatable bonds is 7. The second-order valence-corrected chi connectivity index (χ2v) is 4.86. The topological polar surface area (TPSA) is 78.3 Å². The van der Waals surface area contributed by atoms with Crippen molar-refractivity contribution >= 4 is 12.0 Å². The first-order valence-corrected chi connectivity index (χ1v) is 6.90. The first-order valence-electron chi connectivity index (χ1n) is 6.90. The van der Waals surface area contributed by atoms with Crippen molar-refractivity contribution in [3.8, 4) is 11.5 Å². The molecule has 0 spiro atoms. The molecule has 0 aliphatic rings. The largest absolute Gasteiger partial charge is 0.493 e. The van der Waals surface area contributed by atoms with E-state index in [1.54, 1.807) is 14.2 Å². The highest BCUT2D eigenvalue weighted by atomic mass is 16.5. The Morgan fingerprint density at radius 2 is 1.82 bits per heavy atom. The minimum absolute atomic E-state index is 0.197. The summed E-state index contributed by atoms with van der Waals surface area (Å²) in [6, 6.07) is 5.73. The zero-order valence-electron chi connectivity index (χ0n) is 13.4. The molecule has 0 aliphatic heterocycles. The fourth-order valence-electron chi connectivity index (χ4n) is 1.97. The first kappa shape index (κ1) is 17.8. The fourth-order valence-corrected chi connectivity index (χ4v) is 1.97. The molecule has 0 aromatic heterocycles. The summed E-state index contributed by atoms with van der Waals surface area (Å²) in [6.45, 7) is 0.937. The van der Waals surface area contributed by atoms with Gasteiger partial charge in [0.15, 0.2) is 18.0 Å². The zero-order valence-corrected chi connectivity index (χ0v) is 13.4. The molecule has 7 nitrogen and oxygen atoms in total. The van der Waals surface area contributed by atoms with Crippen molar-refractivity contribution in [3.63, 3.8) is 0 Å². The monoisotopic (exact) mass is 311 g/mol. The van der Waals surface area contributed by atoms with Crippen LogP contribution in [0.5, 0.6) is 11.5 Å². The van der Waals surface area contributed by atoms with E-state index in [4.69, 9.17) is 9.47 Å². The number of ether oxygens (including phenoxy) is 3. The number of imide groups is 1. The molecular weight excluding hydrogens is 288 g/mol. The third kappa shape index (κ3) is 5.61. The van der Waals surface area contributed by atoms with E-state index in [-0.39, 0.29) is 12.5 Å². The van der Waals surface area contributed by atoms with Crippen LogP contribution in [0, 0.1) is 0 Å². The highest BCUT2D eigenvalue weighted by Gasteiger charge is 2.13. The Hall–Kier alpha value is -2.28. The molecule has 2 amide bonds. The molecule has 122 valence electrons. The Morgan fingerprint density at radius 1 is 1.14 bits per heavy atom. The van der Waals surface area contributed by atoms with E-state index in [0.29, 0.717) is 11.5 Å². The van der Waals surface area contributed by atoms with Crippen molar-refractivity contribution < 1.29 is 28.7 Å². The molecule has 1 aromatic rings. The predicted octanol–water partition coefficient (Wildman–Crippen LogP) is -0.356. The minimum Gasteiger partial charge on any atom is -0.493 e. The molecule has 1 atom stereocenters. The second kappa shape index (κ2) is 8.89. The number of benzene rings is 1. The summed E-state index contributed by atoms with van der Waals surface area (Å²) in [4.78, 5) is 23.5. The van der Waals surface area contributed by atoms with E-state index < -0.39 is 6.09 Å². The lowest BCUT2D eigenvalue weighted by Crippen LogP contribution is -3.10. The van der Waals surface area contributed by atoms with E-state index in [1.807, 2.05) is 25.2 Å². The van der Waals surface area contributed by atoms with E-state index in [9.17, 15) is 9.59 Å². The highest BCUT2D eigenvalue weighted by Crippen LogP contribution is 2.27. The number of hydrogen-bond acceptors (Lipinski definition) is 5. The summed E-state index contributed by atoms with van der Waals surface area (Å²) >= 11 is 0. The maximum absolute atomic E-state index is 11.5. The van der Waals surface area contributed by atoms with Crippen LogP contribution in [0.4, 0.5) is 4.79 Å². The van der Waals surface area contributed by atoms with Crippen molar-refractivity contribution in [1.82, 2.24) is 5.32 Å². The fraction of sp³-hybridized carbons (Fsp3) is 0.467. The predicted molar refractivity (Wildman–Crippen MR) is 80.4 cm³/mol. The molecule has 1 rings (SSSR count). The van der Waals surface area contributed by atoms with E-state index in [1.165, 1.54) is 7.11 Å². The summed E-state index contributed by atoms with van der Waals surface area (Å²) in [7, 11) is 6.29. The molecule has 0 saturated carbocycles. The Labute approximate surface area is 130 Å². The lowest BCUT2D eigenvalue weighted by Gasteiger charge is -2.14. The summed E-state index contributed by atoms with van der Waals surface area (Å²) in [5, 5.41) is 2.13. The quantitative estimate of drug-likeness (QED) is 0.719. The van der Waals surface area contributed by atoms with Crippen LogP contribution in [0.15, 0.2) is 18.2 Å². The minimum atomic E-state index is -0.738. The standard InChI is InChI=1S/C15H22N2O5/c1-17(10-14(18)16-15(19)22-4)8-7-11-5-6-12(20-2)13(9-11)21-3/h5-6,9H,7-8,10H2,1-4H3,(H,16,18,19)/p+1. The van der Waals surface area contributed by atoms with Crippen molar-refractivity contribution in [2.75, 3.05) is 41.5 Å². The Balaban J connectivity index is 2.48.